The fourth-order valence-electron chi connectivity index (χ4n) is 7.45. The van der Waals surface area contributed by atoms with Crippen molar-refractivity contribution in [2.45, 2.75) is 24.0 Å². The molecule has 0 saturated carbocycles. The van der Waals surface area contributed by atoms with Crippen molar-refractivity contribution in [2.75, 3.05) is 0 Å². The normalized spacial score (nSPS) is 18.6. The number of rotatable bonds is 6. The molecule has 0 fully saturated rings. The molecule has 0 bridgehead atoms. The van der Waals surface area contributed by atoms with E-state index in [-0.39, 0.29) is 80.1 Å². The molecule has 54 heavy (non-hydrogen) atoms. The SMILES string of the molecule is Oc1cc(O)cc(C2c3cc(C4Oc5cc(C=Cc6ccc(O)cc6O)cc(O)c5C4c4cc(O)cc(O)c4)c(O)cc3OC2c2ccc(O)cc2O)c1. The van der Waals surface area contributed by atoms with Gasteiger partial charge in [-0.15, -0.1) is 0 Å². The van der Waals surface area contributed by atoms with Gasteiger partial charge in [0.1, 0.15) is 81.2 Å². The van der Waals surface area contributed by atoms with E-state index in [2.05, 4.69) is 0 Å². The van der Waals surface area contributed by atoms with Gasteiger partial charge in [0.25, 0.3) is 0 Å². The summed E-state index contributed by atoms with van der Waals surface area (Å²) in [5.74, 6) is -3.40. The minimum atomic E-state index is -1.07. The highest BCUT2D eigenvalue weighted by Crippen LogP contribution is 2.59. The summed E-state index contributed by atoms with van der Waals surface area (Å²) in [6.07, 6.45) is 1.18. The highest BCUT2D eigenvalue weighted by atomic mass is 16.5. The lowest BCUT2D eigenvalue weighted by molar-refractivity contribution is 0.214. The summed E-state index contributed by atoms with van der Waals surface area (Å²) in [5, 5.41) is 106. The van der Waals surface area contributed by atoms with E-state index in [1.807, 2.05) is 0 Å². The van der Waals surface area contributed by atoms with Gasteiger partial charge in [0.2, 0.25) is 0 Å². The summed E-state index contributed by atoms with van der Waals surface area (Å²) in [7, 11) is 0. The summed E-state index contributed by atoms with van der Waals surface area (Å²) in [6, 6.07) is 22.3. The molecular weight excluding hydrogens is 696 g/mol. The average Bonchev–Trinajstić information content (AvgIpc) is 3.65. The number of benzene rings is 6. The molecule has 2 heterocycles. The first-order valence-corrected chi connectivity index (χ1v) is 16.7. The van der Waals surface area contributed by atoms with Crippen LogP contribution in [0.4, 0.5) is 0 Å². The van der Waals surface area contributed by atoms with E-state index < -0.39 is 24.0 Å². The van der Waals surface area contributed by atoms with Crippen LogP contribution in [0.1, 0.15) is 68.6 Å². The number of hydrogen-bond donors (Lipinski definition) is 10. The predicted octanol–water partition coefficient (Wildman–Crippen LogP) is 7.44. The van der Waals surface area contributed by atoms with E-state index in [4.69, 9.17) is 9.47 Å². The van der Waals surface area contributed by atoms with Crippen LogP contribution in [0.2, 0.25) is 0 Å². The molecule has 10 N–H and O–H groups in total. The van der Waals surface area contributed by atoms with Gasteiger partial charge in [-0.1, -0.05) is 12.2 Å². The second kappa shape index (κ2) is 12.7. The van der Waals surface area contributed by atoms with Crippen LogP contribution in [0.15, 0.2) is 97.1 Å². The number of phenols is 10. The first-order chi connectivity index (χ1) is 25.8. The van der Waals surface area contributed by atoms with Gasteiger partial charge in [-0.2, -0.15) is 0 Å². The van der Waals surface area contributed by atoms with Gasteiger partial charge in [0.05, 0.1) is 11.8 Å². The first kappa shape index (κ1) is 33.8. The smallest absolute Gasteiger partial charge is 0.138 e. The minimum Gasteiger partial charge on any atom is -0.508 e. The molecule has 0 aromatic heterocycles. The van der Waals surface area contributed by atoms with Gasteiger partial charge in [-0.3, -0.25) is 0 Å². The number of aromatic hydroxyl groups is 10. The van der Waals surface area contributed by atoms with Gasteiger partial charge >= 0.3 is 0 Å². The van der Waals surface area contributed by atoms with E-state index in [1.165, 1.54) is 66.7 Å². The molecule has 2 aliphatic heterocycles. The fraction of sp³-hybridized carbons (Fsp3) is 0.0952. The van der Waals surface area contributed by atoms with E-state index in [0.717, 1.165) is 18.2 Å². The lowest BCUT2D eigenvalue weighted by atomic mass is 9.81. The standard InChI is InChI=1S/C42H32O12/c43-23-4-3-20(32(49)15-23)2-1-19-7-35(52)40-37(8-19)54-42(39(40)22-11-27(47)14-28(48)12-22)30-17-31-36(18-34(30)51)53-41(29-6-5-24(44)16-33(29)50)38(31)21-9-25(45)13-26(46)10-21/h1-18,38-39,41-52H. The van der Waals surface area contributed by atoms with Gasteiger partial charge in [-0.25, -0.2) is 0 Å². The van der Waals surface area contributed by atoms with Crippen LogP contribution >= 0.6 is 0 Å². The summed E-state index contributed by atoms with van der Waals surface area (Å²) < 4.78 is 12.9. The highest BCUT2D eigenvalue weighted by Gasteiger charge is 2.44. The Labute approximate surface area is 306 Å². The molecule has 2 aliphatic rings. The molecule has 12 nitrogen and oxygen atoms in total. The van der Waals surface area contributed by atoms with Crippen LogP contribution < -0.4 is 9.47 Å². The monoisotopic (exact) mass is 728 g/mol. The van der Waals surface area contributed by atoms with Crippen LogP contribution in [-0.4, -0.2) is 51.1 Å². The van der Waals surface area contributed by atoms with Gasteiger partial charge in [0, 0.05) is 58.1 Å². The third-order valence-corrected chi connectivity index (χ3v) is 9.73. The maximum absolute atomic E-state index is 11.6. The van der Waals surface area contributed by atoms with Crippen molar-refractivity contribution in [1.29, 1.82) is 0 Å². The fourth-order valence-corrected chi connectivity index (χ4v) is 7.45. The highest BCUT2D eigenvalue weighted by molar-refractivity contribution is 5.75. The Hall–Kier alpha value is -7.34. The van der Waals surface area contributed by atoms with Crippen molar-refractivity contribution in [3.63, 3.8) is 0 Å². The molecule has 6 aromatic carbocycles. The largest absolute Gasteiger partial charge is 0.508 e. The molecule has 8 rings (SSSR count). The Morgan fingerprint density at radius 2 is 0.944 bits per heavy atom. The van der Waals surface area contributed by atoms with Gasteiger partial charge in [-0.05, 0) is 83.4 Å². The van der Waals surface area contributed by atoms with E-state index in [9.17, 15) is 51.1 Å². The van der Waals surface area contributed by atoms with Crippen LogP contribution in [0.5, 0.6) is 69.0 Å². The van der Waals surface area contributed by atoms with Crippen LogP contribution in [0.3, 0.4) is 0 Å². The van der Waals surface area contributed by atoms with E-state index in [1.54, 1.807) is 24.3 Å². The molecule has 0 saturated heterocycles. The number of ether oxygens (including phenoxy) is 2. The maximum atomic E-state index is 11.6. The predicted molar refractivity (Wildman–Crippen MR) is 195 cm³/mol. The number of hydrogen-bond acceptors (Lipinski definition) is 12. The second-order valence-electron chi connectivity index (χ2n) is 13.3. The first-order valence-electron chi connectivity index (χ1n) is 16.7. The Morgan fingerprint density at radius 3 is 1.57 bits per heavy atom. The van der Waals surface area contributed by atoms with Crippen molar-refractivity contribution in [2.24, 2.45) is 0 Å². The Bertz CT molecular complexity index is 2470. The third kappa shape index (κ3) is 5.95. The van der Waals surface area contributed by atoms with Crippen molar-refractivity contribution >= 4 is 12.2 Å². The van der Waals surface area contributed by atoms with Crippen molar-refractivity contribution < 1.29 is 60.5 Å². The molecular formula is C42H32O12. The Kier molecular flexibility index (Phi) is 7.95. The molecule has 0 amide bonds. The summed E-state index contributed by atoms with van der Waals surface area (Å²) >= 11 is 0. The molecule has 272 valence electrons. The minimum absolute atomic E-state index is 0.106. The lowest BCUT2D eigenvalue weighted by Gasteiger charge is -2.23. The molecule has 0 aliphatic carbocycles. The molecule has 4 unspecified atom stereocenters. The second-order valence-corrected chi connectivity index (χ2v) is 13.3. The maximum Gasteiger partial charge on any atom is 0.138 e. The third-order valence-electron chi connectivity index (χ3n) is 9.73. The van der Waals surface area contributed by atoms with E-state index in [0.29, 0.717) is 33.4 Å². The lowest BCUT2D eigenvalue weighted by Crippen LogP contribution is -2.13. The molecule has 12 heteroatoms. The topological polar surface area (TPSA) is 221 Å². The van der Waals surface area contributed by atoms with Crippen molar-refractivity contribution in [3.8, 4) is 69.0 Å². The zero-order chi connectivity index (χ0) is 38.0. The van der Waals surface area contributed by atoms with Gasteiger partial charge in [0.15, 0.2) is 0 Å². The summed E-state index contributed by atoms with van der Waals surface area (Å²) in [6.45, 7) is 0. The zero-order valence-electron chi connectivity index (χ0n) is 28.0. The van der Waals surface area contributed by atoms with Gasteiger partial charge < -0.3 is 60.5 Å². The van der Waals surface area contributed by atoms with Crippen LogP contribution in [-0.2, 0) is 0 Å². The van der Waals surface area contributed by atoms with Crippen molar-refractivity contribution in [1.82, 2.24) is 0 Å². The summed E-state index contributed by atoms with van der Waals surface area (Å²) in [4.78, 5) is 0. The molecule has 6 aromatic rings. The summed E-state index contributed by atoms with van der Waals surface area (Å²) in [5.41, 5.74) is 2.90. The average molecular weight is 729 g/mol. The van der Waals surface area contributed by atoms with Crippen LogP contribution in [0.25, 0.3) is 12.2 Å². The van der Waals surface area contributed by atoms with Crippen LogP contribution in [0, 0.1) is 0 Å². The number of phenolic OH excluding ortho intramolecular Hbond substituents is 10. The molecule has 4 atom stereocenters. The quantitative estimate of drug-likeness (QED) is 0.0756. The number of fused-ring (bicyclic) bond motifs is 2. The molecule has 0 radical (unpaired) electrons. The zero-order valence-corrected chi connectivity index (χ0v) is 28.0. The Morgan fingerprint density at radius 1 is 0.389 bits per heavy atom. The Balaban J connectivity index is 1.27. The van der Waals surface area contributed by atoms with E-state index >= 15 is 0 Å². The van der Waals surface area contributed by atoms with Crippen molar-refractivity contribution in [3.05, 3.63) is 142 Å². The molecule has 0 spiro atoms.